The van der Waals surface area contributed by atoms with Gasteiger partial charge in [0.15, 0.2) is 0 Å². The molecule has 0 saturated heterocycles. The Kier molecular flexibility index (Phi) is 4.19. The second-order valence-electron chi connectivity index (χ2n) is 5.23. The van der Waals surface area contributed by atoms with Crippen LogP contribution < -0.4 is 5.32 Å². The van der Waals surface area contributed by atoms with Crippen molar-refractivity contribution in [3.8, 4) is 11.4 Å². The zero-order valence-corrected chi connectivity index (χ0v) is 12.6. The largest absolute Gasteiger partial charge is 0.355 e. The Labute approximate surface area is 129 Å². The first-order chi connectivity index (χ1) is 10.8. The third-order valence-corrected chi connectivity index (χ3v) is 3.56. The fourth-order valence-electron chi connectivity index (χ4n) is 2.51. The Balaban J connectivity index is 2.04. The number of amides is 1. The molecule has 0 unspecified atom stereocenters. The molecule has 112 valence electrons. The number of nitrogens with zero attached hydrogens (tertiary/aromatic N) is 2. The summed E-state index contributed by atoms with van der Waals surface area (Å²) < 4.78 is 1.98. The summed E-state index contributed by atoms with van der Waals surface area (Å²) >= 11 is 0. The lowest BCUT2D eigenvalue weighted by molar-refractivity contribution is -0.121. The van der Waals surface area contributed by atoms with Gasteiger partial charge in [0.25, 0.3) is 0 Å². The van der Waals surface area contributed by atoms with Gasteiger partial charge in [0.05, 0.1) is 11.0 Å². The smallest absolute Gasteiger partial charge is 0.240 e. The Morgan fingerprint density at radius 3 is 2.59 bits per heavy atom. The molecule has 0 aliphatic carbocycles. The molecule has 0 radical (unpaired) electrons. The van der Waals surface area contributed by atoms with Crippen LogP contribution in [0.5, 0.6) is 0 Å². The van der Waals surface area contributed by atoms with E-state index in [9.17, 15) is 4.79 Å². The second-order valence-corrected chi connectivity index (χ2v) is 5.23. The molecule has 1 heterocycles. The summed E-state index contributed by atoms with van der Waals surface area (Å²) in [5.74, 6) is 0.843. The molecule has 0 saturated carbocycles. The van der Waals surface area contributed by atoms with Crippen LogP contribution in [0.15, 0.2) is 54.6 Å². The number of rotatable bonds is 5. The second kappa shape index (κ2) is 6.43. The van der Waals surface area contributed by atoms with E-state index in [0.717, 1.165) is 28.8 Å². The van der Waals surface area contributed by atoms with Crippen LogP contribution in [0.3, 0.4) is 0 Å². The van der Waals surface area contributed by atoms with E-state index in [2.05, 4.69) is 5.32 Å². The van der Waals surface area contributed by atoms with Gasteiger partial charge >= 0.3 is 0 Å². The average molecular weight is 293 g/mol. The van der Waals surface area contributed by atoms with Crippen LogP contribution in [0.1, 0.15) is 13.3 Å². The van der Waals surface area contributed by atoms with Crippen LogP contribution >= 0.6 is 0 Å². The Morgan fingerprint density at radius 1 is 1.09 bits per heavy atom. The van der Waals surface area contributed by atoms with Gasteiger partial charge in [-0.3, -0.25) is 4.79 Å². The fourth-order valence-corrected chi connectivity index (χ4v) is 2.51. The number of nitrogens with one attached hydrogen (secondary N) is 1. The lowest BCUT2D eigenvalue weighted by Gasteiger charge is -2.09. The minimum absolute atomic E-state index is 0.0159. The SMILES string of the molecule is CCCNC(=O)Cn1c(-c2ccccc2)nc2ccccc21. The first-order valence-electron chi connectivity index (χ1n) is 7.57. The van der Waals surface area contributed by atoms with Crippen LogP contribution in [0.2, 0.25) is 0 Å². The summed E-state index contributed by atoms with van der Waals surface area (Å²) in [6.07, 6.45) is 0.932. The number of fused-ring (bicyclic) bond motifs is 1. The topological polar surface area (TPSA) is 46.9 Å². The first kappa shape index (κ1) is 14.3. The van der Waals surface area contributed by atoms with Crippen molar-refractivity contribution in [3.63, 3.8) is 0 Å². The molecule has 0 spiro atoms. The van der Waals surface area contributed by atoms with Crippen molar-refractivity contribution in [2.24, 2.45) is 0 Å². The molecule has 3 aromatic rings. The standard InChI is InChI=1S/C18H19N3O/c1-2-12-19-17(22)13-21-16-11-7-6-10-15(16)20-18(21)14-8-4-3-5-9-14/h3-11H,2,12-13H2,1H3,(H,19,22). The molecule has 0 atom stereocenters. The maximum atomic E-state index is 12.1. The molecule has 4 heteroatoms. The van der Waals surface area contributed by atoms with Crippen molar-refractivity contribution in [2.75, 3.05) is 6.54 Å². The Hall–Kier alpha value is -2.62. The van der Waals surface area contributed by atoms with Gasteiger partial charge in [-0.1, -0.05) is 49.4 Å². The first-order valence-corrected chi connectivity index (χ1v) is 7.57. The minimum atomic E-state index is 0.0159. The number of benzene rings is 2. The molecule has 1 aromatic heterocycles. The van der Waals surface area contributed by atoms with E-state index in [-0.39, 0.29) is 12.5 Å². The maximum absolute atomic E-state index is 12.1. The predicted molar refractivity (Wildman–Crippen MR) is 88.5 cm³/mol. The molecule has 0 fully saturated rings. The lowest BCUT2D eigenvalue weighted by atomic mass is 10.2. The summed E-state index contributed by atoms with van der Waals surface area (Å²) in [6.45, 7) is 3.03. The van der Waals surface area contributed by atoms with Crippen LogP contribution in [-0.4, -0.2) is 22.0 Å². The normalized spacial score (nSPS) is 10.8. The number of para-hydroxylation sites is 2. The van der Waals surface area contributed by atoms with E-state index in [1.165, 1.54) is 0 Å². The van der Waals surface area contributed by atoms with Crippen molar-refractivity contribution in [1.82, 2.24) is 14.9 Å². The van der Waals surface area contributed by atoms with Crippen LogP contribution in [0.25, 0.3) is 22.4 Å². The van der Waals surface area contributed by atoms with Gasteiger partial charge < -0.3 is 9.88 Å². The quantitative estimate of drug-likeness (QED) is 0.785. The van der Waals surface area contributed by atoms with Crippen molar-refractivity contribution in [2.45, 2.75) is 19.9 Å². The number of imidazole rings is 1. The number of carbonyl (C=O) groups excluding carboxylic acids is 1. The van der Waals surface area contributed by atoms with Gasteiger partial charge in [0.2, 0.25) is 5.91 Å². The highest BCUT2D eigenvalue weighted by atomic mass is 16.1. The number of hydrogen-bond acceptors (Lipinski definition) is 2. The lowest BCUT2D eigenvalue weighted by Crippen LogP contribution is -2.28. The summed E-state index contributed by atoms with van der Waals surface area (Å²) in [5.41, 5.74) is 2.90. The van der Waals surface area contributed by atoms with E-state index in [1.54, 1.807) is 0 Å². The van der Waals surface area contributed by atoms with Gasteiger partial charge in [-0.2, -0.15) is 0 Å². The summed E-state index contributed by atoms with van der Waals surface area (Å²) in [4.78, 5) is 16.8. The van der Waals surface area contributed by atoms with Gasteiger partial charge in [0, 0.05) is 12.1 Å². The molecule has 0 bridgehead atoms. The van der Waals surface area contributed by atoms with E-state index in [1.807, 2.05) is 66.1 Å². The molecule has 1 N–H and O–H groups in total. The fraction of sp³-hybridized carbons (Fsp3) is 0.222. The summed E-state index contributed by atoms with van der Waals surface area (Å²) in [6, 6.07) is 17.9. The minimum Gasteiger partial charge on any atom is -0.355 e. The van der Waals surface area contributed by atoms with Crippen LogP contribution in [0.4, 0.5) is 0 Å². The highest BCUT2D eigenvalue weighted by molar-refractivity contribution is 5.84. The Morgan fingerprint density at radius 2 is 1.82 bits per heavy atom. The molecule has 3 rings (SSSR count). The number of hydrogen-bond donors (Lipinski definition) is 1. The molecule has 4 nitrogen and oxygen atoms in total. The van der Waals surface area contributed by atoms with Crippen molar-refractivity contribution >= 4 is 16.9 Å². The van der Waals surface area contributed by atoms with Crippen molar-refractivity contribution < 1.29 is 4.79 Å². The molecule has 22 heavy (non-hydrogen) atoms. The monoisotopic (exact) mass is 293 g/mol. The van der Waals surface area contributed by atoms with E-state index < -0.39 is 0 Å². The molecular weight excluding hydrogens is 274 g/mol. The molecule has 0 aliphatic heterocycles. The third kappa shape index (κ3) is 2.86. The van der Waals surface area contributed by atoms with Gasteiger partial charge in [-0.15, -0.1) is 0 Å². The summed E-state index contributed by atoms with van der Waals surface area (Å²) in [5, 5.41) is 2.93. The average Bonchev–Trinajstić information content (AvgIpc) is 2.92. The van der Waals surface area contributed by atoms with Gasteiger partial charge in [-0.05, 0) is 18.6 Å². The molecule has 1 amide bonds. The molecule has 2 aromatic carbocycles. The van der Waals surface area contributed by atoms with Gasteiger partial charge in [-0.25, -0.2) is 4.98 Å². The van der Waals surface area contributed by atoms with Crippen LogP contribution in [0, 0.1) is 0 Å². The number of aromatic nitrogens is 2. The maximum Gasteiger partial charge on any atom is 0.240 e. The van der Waals surface area contributed by atoms with Crippen LogP contribution in [-0.2, 0) is 11.3 Å². The summed E-state index contributed by atoms with van der Waals surface area (Å²) in [7, 11) is 0. The zero-order valence-electron chi connectivity index (χ0n) is 12.6. The van der Waals surface area contributed by atoms with E-state index in [4.69, 9.17) is 4.98 Å². The third-order valence-electron chi connectivity index (χ3n) is 3.56. The van der Waals surface area contributed by atoms with E-state index in [0.29, 0.717) is 6.54 Å². The van der Waals surface area contributed by atoms with Crippen molar-refractivity contribution in [3.05, 3.63) is 54.6 Å². The van der Waals surface area contributed by atoms with Gasteiger partial charge in [0.1, 0.15) is 12.4 Å². The highest BCUT2D eigenvalue weighted by Crippen LogP contribution is 2.24. The molecular formula is C18H19N3O. The predicted octanol–water partition coefficient (Wildman–Crippen LogP) is 3.23. The highest BCUT2D eigenvalue weighted by Gasteiger charge is 2.14. The van der Waals surface area contributed by atoms with Crippen molar-refractivity contribution in [1.29, 1.82) is 0 Å². The van der Waals surface area contributed by atoms with E-state index >= 15 is 0 Å². The number of carbonyl (C=O) groups is 1. The molecule has 0 aliphatic rings. The zero-order chi connectivity index (χ0) is 15.4. The Bertz CT molecular complexity index is 777.